The van der Waals surface area contributed by atoms with Crippen LogP contribution >= 0.6 is 15.9 Å². The van der Waals surface area contributed by atoms with E-state index >= 15 is 0 Å². The van der Waals surface area contributed by atoms with Gasteiger partial charge in [-0.25, -0.2) is 0 Å². The molecule has 2 rings (SSSR count). The topological polar surface area (TPSA) is 35.8 Å². The Morgan fingerprint density at radius 1 is 1.31 bits per heavy atom. The van der Waals surface area contributed by atoms with E-state index in [1.807, 2.05) is 24.3 Å². The molecule has 0 amide bonds. The first-order valence-corrected chi connectivity index (χ1v) is 4.94. The van der Waals surface area contributed by atoms with E-state index in [0.29, 0.717) is 0 Å². The van der Waals surface area contributed by atoms with Crippen LogP contribution in [0.2, 0.25) is 0 Å². The van der Waals surface area contributed by atoms with Crippen molar-refractivity contribution in [2.45, 2.75) is 5.41 Å². The molecule has 1 heterocycles. The fourth-order valence-electron chi connectivity index (χ4n) is 1.49. The van der Waals surface area contributed by atoms with Crippen molar-refractivity contribution < 1.29 is 0 Å². The summed E-state index contributed by atoms with van der Waals surface area (Å²) in [4.78, 5) is 0. The molecule has 0 atom stereocenters. The van der Waals surface area contributed by atoms with Crippen molar-refractivity contribution in [2.24, 2.45) is 0 Å². The zero-order chi connectivity index (χ0) is 9.31. The van der Waals surface area contributed by atoms with E-state index in [2.05, 4.69) is 27.3 Å². The Kier molecular flexibility index (Phi) is 2.10. The van der Waals surface area contributed by atoms with E-state index in [0.717, 1.165) is 23.1 Å². The molecule has 2 nitrogen and oxygen atoms in total. The molecule has 1 N–H and O–H groups in total. The highest BCUT2D eigenvalue weighted by molar-refractivity contribution is 9.10. The Balaban J connectivity index is 2.35. The predicted octanol–water partition coefficient (Wildman–Crippen LogP) is 1.81. The zero-order valence-corrected chi connectivity index (χ0v) is 8.63. The van der Waals surface area contributed by atoms with Gasteiger partial charge in [0.15, 0.2) is 0 Å². The number of halogens is 1. The van der Waals surface area contributed by atoms with Crippen molar-refractivity contribution in [3.8, 4) is 6.07 Å². The van der Waals surface area contributed by atoms with Crippen molar-refractivity contribution in [3.63, 3.8) is 0 Å². The van der Waals surface area contributed by atoms with Gasteiger partial charge in [0.25, 0.3) is 0 Å². The van der Waals surface area contributed by atoms with E-state index < -0.39 is 0 Å². The summed E-state index contributed by atoms with van der Waals surface area (Å²) in [5.41, 5.74) is 0.831. The van der Waals surface area contributed by atoms with Crippen LogP contribution in [0.1, 0.15) is 5.56 Å². The molecule has 0 bridgehead atoms. The second-order valence-electron chi connectivity index (χ2n) is 3.30. The number of rotatable bonds is 1. The zero-order valence-electron chi connectivity index (χ0n) is 7.05. The molecule has 13 heavy (non-hydrogen) atoms. The molecule has 1 saturated heterocycles. The van der Waals surface area contributed by atoms with Gasteiger partial charge >= 0.3 is 0 Å². The Hall–Kier alpha value is -0.850. The van der Waals surface area contributed by atoms with Crippen molar-refractivity contribution in [1.82, 2.24) is 5.32 Å². The summed E-state index contributed by atoms with van der Waals surface area (Å²) in [6.45, 7) is 1.54. The molecule has 0 unspecified atom stereocenters. The molecule has 66 valence electrons. The van der Waals surface area contributed by atoms with Crippen LogP contribution in [0.3, 0.4) is 0 Å². The summed E-state index contributed by atoms with van der Waals surface area (Å²) in [6, 6.07) is 10.3. The number of hydrogen-bond donors (Lipinski definition) is 1. The van der Waals surface area contributed by atoms with Crippen molar-refractivity contribution in [3.05, 3.63) is 34.3 Å². The average Bonchev–Trinajstić information content (AvgIpc) is 2.07. The Bertz CT molecular complexity index is 346. The highest BCUT2D eigenvalue weighted by atomic mass is 79.9. The molecule has 1 aliphatic heterocycles. The van der Waals surface area contributed by atoms with Crippen LogP contribution in [0.25, 0.3) is 0 Å². The molecule has 0 aromatic heterocycles. The summed E-state index contributed by atoms with van der Waals surface area (Å²) < 4.78 is 1.05. The second kappa shape index (κ2) is 3.13. The highest BCUT2D eigenvalue weighted by Gasteiger charge is 2.38. The smallest absolute Gasteiger partial charge is 0.107 e. The van der Waals surface area contributed by atoms with E-state index in [1.165, 1.54) is 0 Å². The van der Waals surface area contributed by atoms with Crippen molar-refractivity contribution in [2.75, 3.05) is 13.1 Å². The molecular formula is C10H9BrN2. The molecular weight excluding hydrogens is 228 g/mol. The van der Waals surface area contributed by atoms with Crippen LogP contribution in [-0.4, -0.2) is 13.1 Å². The molecule has 1 aromatic carbocycles. The van der Waals surface area contributed by atoms with Gasteiger partial charge in [0.2, 0.25) is 0 Å². The molecule has 0 saturated carbocycles. The summed E-state index contributed by atoms with van der Waals surface area (Å²) in [6.07, 6.45) is 0. The average molecular weight is 237 g/mol. The van der Waals surface area contributed by atoms with Crippen LogP contribution in [0.15, 0.2) is 28.7 Å². The maximum atomic E-state index is 9.06. The first-order valence-electron chi connectivity index (χ1n) is 4.15. The van der Waals surface area contributed by atoms with Crippen LogP contribution in [-0.2, 0) is 5.41 Å². The largest absolute Gasteiger partial charge is 0.313 e. The number of nitriles is 1. The van der Waals surface area contributed by atoms with Crippen molar-refractivity contribution >= 4 is 15.9 Å². The molecule has 3 heteroatoms. The van der Waals surface area contributed by atoms with Gasteiger partial charge in [0.05, 0.1) is 6.07 Å². The minimum absolute atomic E-state index is 0.277. The van der Waals surface area contributed by atoms with Gasteiger partial charge in [-0.2, -0.15) is 5.26 Å². The lowest BCUT2D eigenvalue weighted by Gasteiger charge is -2.36. The predicted molar refractivity (Wildman–Crippen MR) is 54.3 cm³/mol. The van der Waals surface area contributed by atoms with Gasteiger partial charge < -0.3 is 5.32 Å². The van der Waals surface area contributed by atoms with Gasteiger partial charge in [-0.05, 0) is 17.7 Å². The second-order valence-corrected chi connectivity index (χ2v) is 4.22. The molecule has 0 radical (unpaired) electrons. The highest BCUT2D eigenvalue weighted by Crippen LogP contribution is 2.28. The van der Waals surface area contributed by atoms with Crippen LogP contribution in [0.5, 0.6) is 0 Å². The first kappa shape index (κ1) is 8.74. The van der Waals surface area contributed by atoms with Gasteiger partial charge in [-0.1, -0.05) is 28.1 Å². The van der Waals surface area contributed by atoms with Gasteiger partial charge in [0, 0.05) is 17.6 Å². The van der Waals surface area contributed by atoms with Crippen LogP contribution in [0.4, 0.5) is 0 Å². The van der Waals surface area contributed by atoms with Crippen LogP contribution < -0.4 is 5.32 Å². The minimum Gasteiger partial charge on any atom is -0.313 e. The number of nitrogens with one attached hydrogen (secondary N) is 1. The normalized spacial score (nSPS) is 18.8. The molecule has 1 fully saturated rings. The molecule has 0 aliphatic carbocycles. The van der Waals surface area contributed by atoms with Gasteiger partial charge in [0.1, 0.15) is 5.41 Å². The standard InChI is InChI=1S/C10H9BrN2/c11-9-3-1-8(2-4-9)10(5-12)6-13-7-10/h1-4,13H,6-7H2. The third-order valence-corrected chi connectivity index (χ3v) is 2.99. The fraction of sp³-hybridized carbons (Fsp3) is 0.300. The van der Waals surface area contributed by atoms with Crippen molar-refractivity contribution in [1.29, 1.82) is 5.26 Å². The summed E-state index contributed by atoms with van der Waals surface area (Å²) in [5.74, 6) is 0. The molecule has 1 aromatic rings. The Labute approximate surface area is 85.7 Å². The van der Waals surface area contributed by atoms with E-state index in [9.17, 15) is 0 Å². The summed E-state index contributed by atoms with van der Waals surface area (Å²) >= 11 is 3.38. The van der Waals surface area contributed by atoms with E-state index in [-0.39, 0.29) is 5.41 Å². The maximum absolute atomic E-state index is 9.06. The summed E-state index contributed by atoms with van der Waals surface area (Å²) in [7, 11) is 0. The van der Waals surface area contributed by atoms with Gasteiger partial charge in [-0.3, -0.25) is 0 Å². The molecule has 1 aliphatic rings. The van der Waals surface area contributed by atoms with Crippen LogP contribution in [0, 0.1) is 11.3 Å². The number of benzene rings is 1. The lowest BCUT2D eigenvalue weighted by molar-refractivity contribution is 0.357. The quantitative estimate of drug-likeness (QED) is 0.808. The third kappa shape index (κ3) is 1.37. The van der Waals surface area contributed by atoms with Gasteiger partial charge in [-0.15, -0.1) is 0 Å². The third-order valence-electron chi connectivity index (χ3n) is 2.46. The molecule has 0 spiro atoms. The van der Waals surface area contributed by atoms with E-state index in [4.69, 9.17) is 5.26 Å². The minimum atomic E-state index is -0.277. The number of nitrogens with zero attached hydrogens (tertiary/aromatic N) is 1. The lowest BCUT2D eigenvalue weighted by atomic mass is 9.77. The monoisotopic (exact) mass is 236 g/mol. The SMILES string of the molecule is N#CC1(c2ccc(Br)cc2)CNC1. The summed E-state index contributed by atoms with van der Waals surface area (Å²) in [5, 5.41) is 12.2. The fourth-order valence-corrected chi connectivity index (χ4v) is 1.76. The Morgan fingerprint density at radius 2 is 1.92 bits per heavy atom. The Morgan fingerprint density at radius 3 is 2.31 bits per heavy atom. The lowest BCUT2D eigenvalue weighted by Crippen LogP contribution is -2.55. The number of hydrogen-bond acceptors (Lipinski definition) is 2. The first-order chi connectivity index (χ1) is 6.27. The van der Waals surface area contributed by atoms with E-state index in [1.54, 1.807) is 0 Å². The maximum Gasteiger partial charge on any atom is 0.107 e.